The number of likely N-dealkylation sites (N-methyl/N-ethyl adjacent to an activating group) is 1. The van der Waals surface area contributed by atoms with E-state index in [1.165, 1.54) is 18.2 Å². The van der Waals surface area contributed by atoms with Gasteiger partial charge in [0.05, 0.1) is 11.8 Å². The zero-order chi connectivity index (χ0) is 26.8. The molecule has 0 radical (unpaired) electrons. The van der Waals surface area contributed by atoms with Gasteiger partial charge in [-0.25, -0.2) is 9.37 Å². The molecular formula is C27H34FN7O2. The Morgan fingerprint density at radius 3 is 2.68 bits per heavy atom. The molecule has 0 bridgehead atoms. The molecule has 1 aliphatic heterocycles. The zero-order valence-electron chi connectivity index (χ0n) is 21.8. The molecule has 1 saturated heterocycles. The first-order valence-corrected chi connectivity index (χ1v) is 12.2. The van der Waals surface area contributed by atoms with E-state index in [1.807, 2.05) is 19.0 Å². The van der Waals surface area contributed by atoms with Crippen molar-refractivity contribution in [3.8, 4) is 11.8 Å². The monoisotopic (exact) mass is 507 g/mol. The van der Waals surface area contributed by atoms with Crippen molar-refractivity contribution in [1.82, 2.24) is 25.1 Å². The first-order chi connectivity index (χ1) is 17.7. The average molecular weight is 508 g/mol. The van der Waals surface area contributed by atoms with Crippen molar-refractivity contribution in [3.05, 3.63) is 54.0 Å². The third kappa shape index (κ3) is 7.51. The first kappa shape index (κ1) is 27.6. The summed E-state index contributed by atoms with van der Waals surface area (Å²) in [5.41, 5.74) is 0.511. The smallest absolute Gasteiger partial charge is 0.247 e. The third-order valence-electron chi connectivity index (χ3n) is 6.02. The van der Waals surface area contributed by atoms with Gasteiger partial charge < -0.3 is 25.8 Å². The van der Waals surface area contributed by atoms with Crippen LogP contribution in [0.15, 0.2) is 42.6 Å². The summed E-state index contributed by atoms with van der Waals surface area (Å²) in [6.07, 6.45) is 6.85. The highest BCUT2D eigenvalue weighted by Crippen LogP contribution is 2.30. The van der Waals surface area contributed by atoms with Gasteiger partial charge in [0.15, 0.2) is 0 Å². The van der Waals surface area contributed by atoms with Crippen LogP contribution < -0.4 is 16.0 Å². The fourth-order valence-corrected chi connectivity index (χ4v) is 3.72. The Hall–Kier alpha value is -3.97. The summed E-state index contributed by atoms with van der Waals surface area (Å²) in [7, 11) is 5.61. The number of hydrogen-bond donors (Lipinski definition) is 3. The topological polar surface area (TPSA) is 102 Å². The van der Waals surface area contributed by atoms with Crippen LogP contribution in [0.4, 0.5) is 21.8 Å². The van der Waals surface area contributed by atoms with Crippen molar-refractivity contribution in [1.29, 1.82) is 0 Å². The van der Waals surface area contributed by atoms with Crippen LogP contribution in [0.3, 0.4) is 0 Å². The molecule has 9 nitrogen and oxygen atoms in total. The SMILES string of the molecule is CNc1nc(Nc2ccc(F)cc2)ncc1C#CCCCNC(=O)[C@]1(C)CCN1C(=O)/C=C/CN(C)C. The Bertz CT molecular complexity index is 1190. The van der Waals surface area contributed by atoms with Gasteiger partial charge in [0.2, 0.25) is 17.8 Å². The molecule has 1 aromatic heterocycles. The predicted octanol–water partition coefficient (Wildman–Crippen LogP) is 2.76. The number of aromatic nitrogens is 2. The highest BCUT2D eigenvalue weighted by atomic mass is 19.1. The van der Waals surface area contributed by atoms with E-state index in [1.54, 1.807) is 43.3 Å². The summed E-state index contributed by atoms with van der Waals surface area (Å²) in [6.45, 7) is 3.52. The number of carbonyl (C=O) groups excluding carboxylic acids is 2. The van der Waals surface area contributed by atoms with Crippen molar-refractivity contribution in [3.63, 3.8) is 0 Å². The average Bonchev–Trinajstić information content (AvgIpc) is 2.86. The maximum Gasteiger partial charge on any atom is 0.247 e. The molecule has 1 aliphatic rings. The van der Waals surface area contributed by atoms with E-state index in [-0.39, 0.29) is 17.6 Å². The molecule has 1 aromatic carbocycles. The number of nitrogens with one attached hydrogen (secondary N) is 3. The molecular weight excluding hydrogens is 473 g/mol. The molecule has 3 N–H and O–H groups in total. The number of rotatable bonds is 10. The summed E-state index contributed by atoms with van der Waals surface area (Å²) in [6, 6.07) is 5.93. The largest absolute Gasteiger partial charge is 0.372 e. The second-order valence-corrected chi connectivity index (χ2v) is 9.18. The standard InChI is InChI=1S/C27H34FN7O2/c1-27(15-18-35(27)23(36)10-8-17-34(3)4)25(37)30-16-7-5-6-9-20-19-31-26(33-24(20)29-2)32-22-13-11-21(28)12-14-22/h8,10-14,19H,5,7,15-18H2,1-4H3,(H,30,37)(H2,29,31,32,33)/b10-8+/t27-/m0/s1. The van der Waals surface area contributed by atoms with Crippen molar-refractivity contribution in [2.24, 2.45) is 0 Å². The minimum absolute atomic E-state index is 0.141. The molecule has 0 saturated carbocycles. The fraction of sp³-hybridized carbons (Fsp3) is 0.407. The lowest BCUT2D eigenvalue weighted by Gasteiger charge is -2.48. The molecule has 2 aromatic rings. The van der Waals surface area contributed by atoms with Crippen LogP contribution >= 0.6 is 0 Å². The number of benzene rings is 1. The molecule has 0 spiro atoms. The van der Waals surface area contributed by atoms with Gasteiger partial charge in [-0.05, 0) is 58.1 Å². The fourth-order valence-electron chi connectivity index (χ4n) is 3.72. The number of anilines is 3. The minimum atomic E-state index is -0.812. The molecule has 2 amide bonds. The Morgan fingerprint density at radius 1 is 1.27 bits per heavy atom. The number of unbranched alkanes of at least 4 members (excludes halogenated alkanes) is 1. The van der Waals surface area contributed by atoms with Gasteiger partial charge in [-0.2, -0.15) is 4.98 Å². The Balaban J connectivity index is 1.46. The quantitative estimate of drug-likeness (QED) is 0.258. The van der Waals surface area contributed by atoms with E-state index in [4.69, 9.17) is 0 Å². The first-order valence-electron chi connectivity index (χ1n) is 12.2. The van der Waals surface area contributed by atoms with Gasteiger partial charge in [0.25, 0.3) is 0 Å². The van der Waals surface area contributed by atoms with Gasteiger partial charge in [-0.3, -0.25) is 9.59 Å². The van der Waals surface area contributed by atoms with Crippen LogP contribution in [0.25, 0.3) is 0 Å². The van der Waals surface area contributed by atoms with Gasteiger partial charge in [-0.1, -0.05) is 17.9 Å². The molecule has 196 valence electrons. The summed E-state index contributed by atoms with van der Waals surface area (Å²) < 4.78 is 13.1. The summed E-state index contributed by atoms with van der Waals surface area (Å²) in [4.78, 5) is 37.4. The van der Waals surface area contributed by atoms with Gasteiger partial charge in [0.1, 0.15) is 17.2 Å². The van der Waals surface area contributed by atoms with Gasteiger partial charge in [-0.15, -0.1) is 0 Å². The van der Waals surface area contributed by atoms with Crippen LogP contribution in [0.1, 0.15) is 31.7 Å². The highest BCUT2D eigenvalue weighted by Gasteiger charge is 2.48. The number of amides is 2. The molecule has 0 aliphatic carbocycles. The maximum absolute atomic E-state index is 13.1. The van der Waals surface area contributed by atoms with Crippen LogP contribution in [0.2, 0.25) is 0 Å². The van der Waals surface area contributed by atoms with Crippen LogP contribution in [-0.2, 0) is 9.59 Å². The minimum Gasteiger partial charge on any atom is -0.372 e. The van der Waals surface area contributed by atoms with Crippen molar-refractivity contribution in [2.45, 2.75) is 31.7 Å². The van der Waals surface area contributed by atoms with Crippen molar-refractivity contribution >= 4 is 29.3 Å². The van der Waals surface area contributed by atoms with E-state index < -0.39 is 5.54 Å². The van der Waals surface area contributed by atoms with Gasteiger partial charge >= 0.3 is 0 Å². The second kappa shape index (κ2) is 12.8. The normalized spacial score (nSPS) is 16.6. The lowest BCUT2D eigenvalue weighted by atomic mass is 9.85. The number of nitrogens with zero attached hydrogens (tertiary/aromatic N) is 4. The second-order valence-electron chi connectivity index (χ2n) is 9.18. The van der Waals surface area contributed by atoms with Crippen LogP contribution in [0, 0.1) is 17.7 Å². The number of likely N-dealkylation sites (tertiary alicyclic amines) is 1. The van der Waals surface area contributed by atoms with E-state index in [0.717, 1.165) is 0 Å². The molecule has 3 rings (SSSR count). The van der Waals surface area contributed by atoms with Crippen molar-refractivity contribution < 1.29 is 14.0 Å². The number of carbonyl (C=O) groups is 2. The lowest BCUT2D eigenvalue weighted by molar-refractivity contribution is -0.154. The van der Waals surface area contributed by atoms with E-state index in [0.29, 0.717) is 61.9 Å². The zero-order valence-corrected chi connectivity index (χ0v) is 21.8. The molecule has 1 atom stereocenters. The number of hydrogen-bond acceptors (Lipinski definition) is 7. The van der Waals surface area contributed by atoms with Crippen LogP contribution in [-0.4, -0.2) is 77.9 Å². The Morgan fingerprint density at radius 2 is 2.03 bits per heavy atom. The molecule has 37 heavy (non-hydrogen) atoms. The van der Waals surface area contributed by atoms with Crippen LogP contribution in [0.5, 0.6) is 0 Å². The molecule has 2 heterocycles. The Labute approximate surface area is 217 Å². The lowest BCUT2D eigenvalue weighted by Crippen LogP contribution is -2.67. The predicted molar refractivity (Wildman–Crippen MR) is 143 cm³/mol. The van der Waals surface area contributed by atoms with Gasteiger partial charge in [0, 0.05) is 44.9 Å². The summed E-state index contributed by atoms with van der Waals surface area (Å²) in [5, 5.41) is 8.97. The maximum atomic E-state index is 13.1. The van der Waals surface area contributed by atoms with E-state index >= 15 is 0 Å². The summed E-state index contributed by atoms with van der Waals surface area (Å²) >= 11 is 0. The molecule has 0 unspecified atom stereocenters. The van der Waals surface area contributed by atoms with E-state index in [2.05, 4.69) is 37.8 Å². The molecule has 1 fully saturated rings. The summed E-state index contributed by atoms with van der Waals surface area (Å²) in [5.74, 6) is 6.50. The third-order valence-corrected chi connectivity index (χ3v) is 6.02. The Kier molecular flexibility index (Phi) is 9.57. The number of halogens is 1. The van der Waals surface area contributed by atoms with E-state index in [9.17, 15) is 14.0 Å². The van der Waals surface area contributed by atoms with Crippen molar-refractivity contribution in [2.75, 3.05) is 51.4 Å². The highest BCUT2D eigenvalue weighted by molar-refractivity contribution is 5.96. The molecule has 10 heteroatoms.